The van der Waals surface area contributed by atoms with Crippen molar-refractivity contribution in [2.24, 2.45) is 7.05 Å². The van der Waals surface area contributed by atoms with E-state index in [1.54, 1.807) is 18.0 Å². The van der Waals surface area contributed by atoms with Crippen molar-refractivity contribution in [2.45, 2.75) is 25.9 Å². The molecule has 1 aromatic carbocycles. The number of benzene rings is 1. The Hall–Kier alpha value is -2.89. The van der Waals surface area contributed by atoms with Crippen LogP contribution in [0.4, 0.5) is 0 Å². The summed E-state index contributed by atoms with van der Waals surface area (Å²) in [6.45, 7) is 3.17. The third kappa shape index (κ3) is 3.79. The van der Waals surface area contributed by atoms with Crippen molar-refractivity contribution in [3.8, 4) is 0 Å². The summed E-state index contributed by atoms with van der Waals surface area (Å²) in [6, 6.07) is 10.4. The summed E-state index contributed by atoms with van der Waals surface area (Å²) in [5, 5.41) is 2.74. The summed E-state index contributed by atoms with van der Waals surface area (Å²) in [5.41, 5.74) is 2.26. The molecule has 130 valence electrons. The van der Waals surface area contributed by atoms with Gasteiger partial charge in [0.05, 0.1) is 0 Å². The molecule has 0 bridgehead atoms. The van der Waals surface area contributed by atoms with E-state index in [9.17, 15) is 14.4 Å². The van der Waals surface area contributed by atoms with Crippen molar-refractivity contribution in [1.29, 1.82) is 0 Å². The Bertz CT molecular complexity index is 855. The maximum atomic E-state index is 12.5. The van der Waals surface area contributed by atoms with Gasteiger partial charge in [-0.2, -0.15) is 0 Å². The Morgan fingerprint density at radius 3 is 2.60 bits per heavy atom. The van der Waals surface area contributed by atoms with Gasteiger partial charge in [0.25, 0.3) is 11.5 Å². The number of pyridine rings is 1. The van der Waals surface area contributed by atoms with Crippen molar-refractivity contribution in [3.05, 3.63) is 69.6 Å². The quantitative estimate of drug-likeness (QED) is 0.911. The highest BCUT2D eigenvalue weighted by Crippen LogP contribution is 2.16. The van der Waals surface area contributed by atoms with E-state index < -0.39 is 11.9 Å². The molecule has 2 amide bonds. The van der Waals surface area contributed by atoms with Crippen LogP contribution in [0.3, 0.4) is 0 Å². The van der Waals surface area contributed by atoms with Crippen molar-refractivity contribution < 1.29 is 9.59 Å². The van der Waals surface area contributed by atoms with Crippen LogP contribution < -0.4 is 10.9 Å². The van der Waals surface area contributed by atoms with Crippen molar-refractivity contribution in [3.63, 3.8) is 0 Å². The molecule has 1 aromatic heterocycles. The molecule has 0 spiro atoms. The lowest BCUT2D eigenvalue weighted by Crippen LogP contribution is -2.41. The molecule has 1 atom stereocenters. The highest BCUT2D eigenvalue weighted by molar-refractivity contribution is 5.97. The molecule has 1 unspecified atom stereocenters. The molecule has 0 saturated carbocycles. The molecule has 2 aromatic rings. The number of rotatable bonds is 4. The summed E-state index contributed by atoms with van der Waals surface area (Å²) < 4.78 is 1.39. The lowest BCUT2D eigenvalue weighted by molar-refractivity contribution is -0.129. The molecular weight excluding hydrogens is 318 g/mol. The first-order valence-electron chi connectivity index (χ1n) is 8.26. The van der Waals surface area contributed by atoms with E-state index in [2.05, 4.69) is 5.32 Å². The van der Waals surface area contributed by atoms with Gasteiger partial charge in [-0.1, -0.05) is 29.8 Å². The van der Waals surface area contributed by atoms with Crippen LogP contribution in [0.1, 0.15) is 27.9 Å². The molecule has 2 heterocycles. The smallest absolute Gasteiger partial charge is 0.252 e. The zero-order valence-electron chi connectivity index (χ0n) is 14.4. The van der Waals surface area contributed by atoms with Gasteiger partial charge in [-0.05, 0) is 25.0 Å². The van der Waals surface area contributed by atoms with Crippen LogP contribution in [0.15, 0.2) is 47.4 Å². The maximum Gasteiger partial charge on any atom is 0.252 e. The predicted molar refractivity (Wildman–Crippen MR) is 94.2 cm³/mol. The highest BCUT2D eigenvalue weighted by Gasteiger charge is 2.32. The molecule has 6 nitrogen and oxygen atoms in total. The predicted octanol–water partition coefficient (Wildman–Crippen LogP) is 1.22. The van der Waals surface area contributed by atoms with E-state index in [4.69, 9.17) is 0 Å². The summed E-state index contributed by atoms with van der Waals surface area (Å²) in [5.74, 6) is -0.481. The van der Waals surface area contributed by atoms with E-state index >= 15 is 0 Å². The average Bonchev–Trinajstić information content (AvgIpc) is 2.92. The van der Waals surface area contributed by atoms with Crippen LogP contribution in [-0.2, 0) is 18.4 Å². The zero-order chi connectivity index (χ0) is 18.0. The van der Waals surface area contributed by atoms with Gasteiger partial charge in [-0.25, -0.2) is 0 Å². The molecule has 1 saturated heterocycles. The van der Waals surface area contributed by atoms with Gasteiger partial charge in [0.2, 0.25) is 5.91 Å². The fourth-order valence-corrected chi connectivity index (χ4v) is 2.88. The van der Waals surface area contributed by atoms with Crippen LogP contribution in [0.5, 0.6) is 0 Å². The molecule has 1 aliphatic heterocycles. The Morgan fingerprint density at radius 1 is 1.20 bits per heavy atom. The molecule has 0 aliphatic carbocycles. The minimum atomic E-state index is -0.540. The molecule has 1 N–H and O–H groups in total. The van der Waals surface area contributed by atoms with E-state index in [-0.39, 0.29) is 17.0 Å². The van der Waals surface area contributed by atoms with Crippen LogP contribution in [0, 0.1) is 6.92 Å². The van der Waals surface area contributed by atoms with Crippen molar-refractivity contribution in [1.82, 2.24) is 14.8 Å². The first-order valence-corrected chi connectivity index (χ1v) is 8.26. The summed E-state index contributed by atoms with van der Waals surface area (Å²) in [7, 11) is 1.62. The topological polar surface area (TPSA) is 71.4 Å². The molecular formula is C19H21N3O3. The Labute approximate surface area is 146 Å². The number of hydrogen-bond donors (Lipinski definition) is 1. The number of nitrogens with zero attached hydrogens (tertiary/aromatic N) is 2. The van der Waals surface area contributed by atoms with Gasteiger partial charge >= 0.3 is 0 Å². The minimum Gasteiger partial charge on any atom is -0.340 e. The Kier molecular flexibility index (Phi) is 4.70. The lowest BCUT2D eigenvalue weighted by atomic mass is 10.1. The lowest BCUT2D eigenvalue weighted by Gasteiger charge is -2.17. The van der Waals surface area contributed by atoms with Gasteiger partial charge in [0, 0.05) is 38.0 Å². The number of likely N-dealkylation sites (tertiary alicyclic amines) is 1. The standard InChI is InChI=1S/C19H21N3O3/c1-13-3-5-14(6-4-13)12-22-10-8-16(19(22)25)20-18(24)15-7-9-21(2)17(23)11-15/h3-7,9,11,16H,8,10,12H2,1-2H3,(H,20,24). The fourth-order valence-electron chi connectivity index (χ4n) is 2.88. The summed E-state index contributed by atoms with van der Waals surface area (Å²) >= 11 is 0. The summed E-state index contributed by atoms with van der Waals surface area (Å²) in [6.07, 6.45) is 2.11. The first-order chi connectivity index (χ1) is 11.9. The minimum absolute atomic E-state index is 0.0854. The molecule has 0 radical (unpaired) electrons. The number of carbonyl (C=O) groups is 2. The fraction of sp³-hybridized carbons (Fsp3) is 0.316. The van der Waals surface area contributed by atoms with Crippen LogP contribution >= 0.6 is 0 Å². The van der Waals surface area contributed by atoms with Gasteiger partial charge in [-0.3, -0.25) is 14.4 Å². The third-order valence-electron chi connectivity index (χ3n) is 4.46. The van der Waals surface area contributed by atoms with Gasteiger partial charge in [0.1, 0.15) is 6.04 Å². The molecule has 1 fully saturated rings. The molecule has 25 heavy (non-hydrogen) atoms. The maximum absolute atomic E-state index is 12.5. The van der Waals surface area contributed by atoms with Gasteiger partial charge < -0.3 is 14.8 Å². The number of amides is 2. The highest BCUT2D eigenvalue weighted by atomic mass is 16.2. The van der Waals surface area contributed by atoms with Crippen molar-refractivity contribution in [2.75, 3.05) is 6.54 Å². The molecule has 1 aliphatic rings. The number of nitrogens with one attached hydrogen (secondary N) is 1. The van der Waals surface area contributed by atoms with Crippen LogP contribution in [-0.4, -0.2) is 33.9 Å². The second-order valence-electron chi connectivity index (χ2n) is 6.42. The second-order valence-corrected chi connectivity index (χ2v) is 6.42. The van der Waals surface area contributed by atoms with Crippen LogP contribution in [0.25, 0.3) is 0 Å². The Morgan fingerprint density at radius 2 is 1.92 bits per heavy atom. The number of aryl methyl sites for hydroxylation is 2. The van der Waals surface area contributed by atoms with E-state index in [0.29, 0.717) is 19.5 Å². The molecule has 3 rings (SSSR count). The van der Waals surface area contributed by atoms with E-state index in [1.807, 2.05) is 31.2 Å². The summed E-state index contributed by atoms with van der Waals surface area (Å²) in [4.78, 5) is 38.2. The van der Waals surface area contributed by atoms with Gasteiger partial charge in [-0.15, -0.1) is 0 Å². The van der Waals surface area contributed by atoms with Crippen LogP contribution in [0.2, 0.25) is 0 Å². The number of carbonyl (C=O) groups excluding carboxylic acids is 2. The average molecular weight is 339 g/mol. The number of hydrogen-bond acceptors (Lipinski definition) is 3. The van der Waals surface area contributed by atoms with E-state index in [1.165, 1.54) is 22.4 Å². The monoisotopic (exact) mass is 339 g/mol. The number of aromatic nitrogens is 1. The van der Waals surface area contributed by atoms with Crippen molar-refractivity contribution >= 4 is 11.8 Å². The first kappa shape index (κ1) is 17.0. The Balaban J connectivity index is 1.63. The van der Waals surface area contributed by atoms with Gasteiger partial charge in [0.15, 0.2) is 0 Å². The van der Waals surface area contributed by atoms with E-state index in [0.717, 1.165) is 5.56 Å². The third-order valence-corrected chi connectivity index (χ3v) is 4.46. The normalized spacial score (nSPS) is 17.0. The zero-order valence-corrected chi connectivity index (χ0v) is 14.4. The largest absolute Gasteiger partial charge is 0.340 e. The molecule has 6 heteroatoms. The SMILES string of the molecule is Cc1ccc(CN2CCC(NC(=O)c3ccn(C)c(=O)c3)C2=O)cc1. The second kappa shape index (κ2) is 6.93.